The molecule has 60 heavy (non-hydrogen) atoms. The first-order valence-corrected chi connectivity index (χ1v) is 20.6. The van der Waals surface area contributed by atoms with E-state index in [2.05, 4.69) is 213 Å². The lowest BCUT2D eigenvalue weighted by Gasteiger charge is -2.22. The first-order chi connectivity index (χ1) is 29.5. The summed E-state index contributed by atoms with van der Waals surface area (Å²) in [5.74, 6) is 1.91. The van der Waals surface area contributed by atoms with Crippen LogP contribution in [0.2, 0.25) is 0 Å². The lowest BCUT2D eigenvalue weighted by molar-refractivity contribution is 0.660. The van der Waals surface area contributed by atoms with Crippen LogP contribution < -0.4 is 0 Å². The Morgan fingerprint density at radius 3 is 1.55 bits per heavy atom. The highest BCUT2D eigenvalue weighted by Gasteiger charge is 2.35. The standard InChI is InChI=1S/C56H38N4/c1-56(2)49-19-11-10-18-45(49)46-27-24-40(33-50(46)56)39-26-29-51-48(32-39)47-28-25-43(34-52(47)60(51)44-16-4-3-5-17-44)55-58-53(41-22-20-35-12-6-8-14-37(35)30-41)57-54(59-55)42-23-21-36-13-7-9-15-38(36)31-42/h3-34H,1-2H3. The average molecular weight is 767 g/mol. The van der Waals surface area contributed by atoms with Crippen LogP contribution in [-0.4, -0.2) is 19.5 Å². The van der Waals surface area contributed by atoms with Gasteiger partial charge >= 0.3 is 0 Å². The maximum absolute atomic E-state index is 5.21. The molecule has 0 N–H and O–H groups in total. The maximum atomic E-state index is 5.21. The van der Waals surface area contributed by atoms with Crippen molar-refractivity contribution in [3.05, 3.63) is 205 Å². The van der Waals surface area contributed by atoms with Gasteiger partial charge in [0.1, 0.15) is 0 Å². The van der Waals surface area contributed by atoms with Gasteiger partial charge in [0.25, 0.3) is 0 Å². The fourth-order valence-corrected chi connectivity index (χ4v) is 9.50. The van der Waals surface area contributed by atoms with Crippen molar-refractivity contribution < 1.29 is 0 Å². The average Bonchev–Trinajstić information content (AvgIpc) is 3.75. The van der Waals surface area contributed by atoms with Gasteiger partial charge < -0.3 is 4.57 Å². The molecule has 2 aromatic heterocycles. The topological polar surface area (TPSA) is 43.6 Å². The van der Waals surface area contributed by atoms with Gasteiger partial charge in [-0.3, -0.25) is 0 Å². The predicted octanol–water partition coefficient (Wildman–Crippen LogP) is 14.2. The van der Waals surface area contributed by atoms with E-state index in [0.29, 0.717) is 17.5 Å². The van der Waals surface area contributed by atoms with Crippen LogP contribution in [0.5, 0.6) is 0 Å². The van der Waals surface area contributed by atoms with E-state index in [4.69, 9.17) is 15.0 Å². The van der Waals surface area contributed by atoms with Gasteiger partial charge in [-0.2, -0.15) is 0 Å². The summed E-state index contributed by atoms with van der Waals surface area (Å²) in [6.07, 6.45) is 0. The second-order valence-corrected chi connectivity index (χ2v) is 16.5. The number of aromatic nitrogens is 4. The highest BCUT2D eigenvalue weighted by molar-refractivity contribution is 6.11. The molecule has 4 nitrogen and oxygen atoms in total. The molecule has 0 saturated carbocycles. The van der Waals surface area contributed by atoms with Gasteiger partial charge in [-0.1, -0.05) is 159 Å². The van der Waals surface area contributed by atoms with Crippen LogP contribution in [0.4, 0.5) is 0 Å². The van der Waals surface area contributed by atoms with E-state index in [0.717, 1.165) is 44.2 Å². The molecule has 0 aliphatic heterocycles. The Morgan fingerprint density at radius 2 is 0.867 bits per heavy atom. The highest BCUT2D eigenvalue weighted by atomic mass is 15.0. The van der Waals surface area contributed by atoms with Crippen molar-refractivity contribution in [2.75, 3.05) is 0 Å². The smallest absolute Gasteiger partial charge is 0.164 e. The number of benzene rings is 9. The fraction of sp³-hybridized carbons (Fsp3) is 0.0536. The third-order valence-electron chi connectivity index (χ3n) is 12.6. The summed E-state index contributed by atoms with van der Waals surface area (Å²) >= 11 is 0. The largest absolute Gasteiger partial charge is 0.309 e. The van der Waals surface area contributed by atoms with E-state index >= 15 is 0 Å². The Hall–Kier alpha value is -7.69. The Labute approximate surface area is 348 Å². The number of para-hydroxylation sites is 1. The van der Waals surface area contributed by atoms with Crippen molar-refractivity contribution in [1.29, 1.82) is 0 Å². The molecule has 1 aliphatic rings. The zero-order chi connectivity index (χ0) is 40.0. The van der Waals surface area contributed by atoms with Crippen molar-refractivity contribution in [2.24, 2.45) is 0 Å². The summed E-state index contributed by atoms with van der Waals surface area (Å²) in [6.45, 7) is 4.69. The van der Waals surface area contributed by atoms with Crippen molar-refractivity contribution in [3.8, 4) is 62.1 Å². The van der Waals surface area contributed by atoms with Crippen molar-refractivity contribution in [2.45, 2.75) is 19.3 Å². The quantitative estimate of drug-likeness (QED) is 0.175. The van der Waals surface area contributed by atoms with Crippen molar-refractivity contribution >= 4 is 43.4 Å². The molecule has 12 rings (SSSR count). The van der Waals surface area contributed by atoms with Gasteiger partial charge in [0, 0.05) is 38.6 Å². The Kier molecular flexibility index (Phi) is 7.54. The second kappa shape index (κ2) is 13.2. The summed E-state index contributed by atoms with van der Waals surface area (Å²) in [6, 6.07) is 69.7. The number of nitrogens with zero attached hydrogens (tertiary/aromatic N) is 4. The molecular formula is C56H38N4. The van der Waals surface area contributed by atoms with Crippen LogP contribution >= 0.6 is 0 Å². The minimum atomic E-state index is -0.0663. The number of rotatable bonds is 5. The molecule has 0 fully saturated rings. The highest BCUT2D eigenvalue weighted by Crippen LogP contribution is 2.50. The molecule has 11 aromatic rings. The minimum absolute atomic E-state index is 0.0663. The van der Waals surface area contributed by atoms with Gasteiger partial charge in [0.05, 0.1) is 11.0 Å². The lowest BCUT2D eigenvalue weighted by Crippen LogP contribution is -2.14. The molecule has 0 amide bonds. The fourth-order valence-electron chi connectivity index (χ4n) is 9.50. The second-order valence-electron chi connectivity index (χ2n) is 16.5. The number of fused-ring (bicyclic) bond motifs is 8. The normalized spacial score (nSPS) is 13.0. The van der Waals surface area contributed by atoms with Crippen molar-refractivity contribution in [1.82, 2.24) is 19.5 Å². The molecule has 0 atom stereocenters. The maximum Gasteiger partial charge on any atom is 0.164 e. The summed E-state index contributed by atoms with van der Waals surface area (Å²) in [7, 11) is 0. The van der Waals surface area contributed by atoms with Crippen LogP contribution in [0.1, 0.15) is 25.0 Å². The first kappa shape index (κ1) is 34.4. The third-order valence-corrected chi connectivity index (χ3v) is 12.6. The summed E-state index contributed by atoms with van der Waals surface area (Å²) in [5.41, 5.74) is 14.0. The van der Waals surface area contributed by atoms with E-state index in [1.165, 1.54) is 54.9 Å². The van der Waals surface area contributed by atoms with Crippen LogP contribution in [-0.2, 0) is 5.41 Å². The summed E-state index contributed by atoms with van der Waals surface area (Å²) < 4.78 is 2.37. The molecular weight excluding hydrogens is 729 g/mol. The molecule has 4 heteroatoms. The zero-order valence-corrected chi connectivity index (χ0v) is 33.3. The number of hydrogen-bond acceptors (Lipinski definition) is 3. The molecule has 2 heterocycles. The Bertz CT molecular complexity index is 3430. The minimum Gasteiger partial charge on any atom is -0.309 e. The van der Waals surface area contributed by atoms with Gasteiger partial charge in [-0.05, 0) is 103 Å². The predicted molar refractivity (Wildman–Crippen MR) is 248 cm³/mol. The van der Waals surface area contributed by atoms with Crippen LogP contribution in [0.25, 0.3) is 105 Å². The van der Waals surface area contributed by atoms with Gasteiger partial charge in [-0.25, -0.2) is 15.0 Å². The van der Waals surface area contributed by atoms with Crippen molar-refractivity contribution in [3.63, 3.8) is 0 Å². The van der Waals surface area contributed by atoms with Gasteiger partial charge in [0.15, 0.2) is 17.5 Å². The van der Waals surface area contributed by atoms with E-state index in [1.54, 1.807) is 0 Å². The van der Waals surface area contributed by atoms with E-state index in [-0.39, 0.29) is 5.41 Å². The van der Waals surface area contributed by atoms with E-state index in [9.17, 15) is 0 Å². The Morgan fingerprint density at radius 1 is 0.350 bits per heavy atom. The van der Waals surface area contributed by atoms with Crippen LogP contribution in [0.15, 0.2) is 194 Å². The van der Waals surface area contributed by atoms with E-state index < -0.39 is 0 Å². The molecule has 0 spiro atoms. The first-order valence-electron chi connectivity index (χ1n) is 20.6. The molecule has 282 valence electrons. The molecule has 9 aromatic carbocycles. The van der Waals surface area contributed by atoms with E-state index in [1.807, 2.05) is 0 Å². The summed E-state index contributed by atoms with van der Waals surface area (Å²) in [4.78, 5) is 15.5. The molecule has 0 radical (unpaired) electrons. The lowest BCUT2D eigenvalue weighted by atomic mass is 9.81. The molecule has 0 saturated heterocycles. The molecule has 0 unspecified atom stereocenters. The monoisotopic (exact) mass is 766 g/mol. The molecule has 0 bridgehead atoms. The SMILES string of the molecule is CC1(C)c2ccccc2-c2ccc(-c3ccc4c(c3)c3ccc(-c5nc(-c6ccc7ccccc7c6)nc(-c6ccc7ccccc7c6)n5)cc3n4-c3ccccc3)cc21. The molecule has 1 aliphatic carbocycles. The third kappa shape index (κ3) is 5.41. The number of hydrogen-bond donors (Lipinski definition) is 0. The van der Waals surface area contributed by atoms with Crippen LogP contribution in [0.3, 0.4) is 0 Å². The zero-order valence-electron chi connectivity index (χ0n) is 33.3. The van der Waals surface area contributed by atoms with Gasteiger partial charge in [0.2, 0.25) is 0 Å². The summed E-state index contributed by atoms with van der Waals surface area (Å²) in [5, 5.41) is 7.02. The van der Waals surface area contributed by atoms with Gasteiger partial charge in [-0.15, -0.1) is 0 Å². The van der Waals surface area contributed by atoms with Crippen LogP contribution in [0, 0.1) is 0 Å². The Balaban J connectivity index is 1.04.